The predicted molar refractivity (Wildman–Crippen MR) is 110 cm³/mol. The number of carbonyl (C=O) groups is 1. The summed E-state index contributed by atoms with van der Waals surface area (Å²) in [5.41, 5.74) is 4.72. The van der Waals surface area contributed by atoms with Crippen LogP contribution in [0.4, 0.5) is 0 Å². The van der Waals surface area contributed by atoms with Crippen LogP contribution in [-0.4, -0.2) is 23.8 Å². The minimum Gasteiger partial charge on any atom is -0.465 e. The third kappa shape index (κ3) is 4.92. The molecule has 28 heavy (non-hydrogen) atoms. The van der Waals surface area contributed by atoms with Gasteiger partial charge in [0.2, 0.25) is 0 Å². The van der Waals surface area contributed by atoms with Gasteiger partial charge >= 0.3 is 5.97 Å². The summed E-state index contributed by atoms with van der Waals surface area (Å²) in [6.45, 7) is 0.492. The normalized spacial score (nSPS) is 10.6. The zero-order chi connectivity index (χ0) is 19.8. The molecule has 0 unspecified atom stereocenters. The Morgan fingerprint density at radius 1 is 1.04 bits per heavy atom. The molecule has 0 aliphatic carbocycles. The quantitative estimate of drug-likeness (QED) is 0.482. The number of carbonyl (C=O) groups excluding carboxylic acids is 1. The van der Waals surface area contributed by atoms with Gasteiger partial charge in [-0.05, 0) is 41.1 Å². The van der Waals surface area contributed by atoms with Crippen molar-refractivity contribution in [2.45, 2.75) is 6.54 Å². The van der Waals surface area contributed by atoms with E-state index in [0.717, 1.165) is 22.3 Å². The van der Waals surface area contributed by atoms with Crippen LogP contribution in [0.1, 0.15) is 21.5 Å². The van der Waals surface area contributed by atoms with Gasteiger partial charge < -0.3 is 15.5 Å². The van der Waals surface area contributed by atoms with Crippen molar-refractivity contribution in [3.63, 3.8) is 0 Å². The summed E-state index contributed by atoms with van der Waals surface area (Å²) in [6, 6.07) is 19.7. The van der Waals surface area contributed by atoms with Crippen LogP contribution in [0.2, 0.25) is 0 Å². The number of hydrogen-bond acceptors (Lipinski definition) is 5. The molecule has 0 fully saturated rings. The number of pyridine rings is 1. The van der Waals surface area contributed by atoms with Crippen molar-refractivity contribution in [1.82, 2.24) is 10.3 Å². The maximum atomic E-state index is 11.5. The first-order chi connectivity index (χ1) is 13.7. The van der Waals surface area contributed by atoms with E-state index in [9.17, 15) is 4.79 Å². The second kappa shape index (κ2) is 9.28. The van der Waals surface area contributed by atoms with Crippen LogP contribution >= 0.6 is 0 Å². The van der Waals surface area contributed by atoms with Gasteiger partial charge in [-0.1, -0.05) is 48.5 Å². The number of ether oxygens (including phenoxy) is 1. The zero-order valence-corrected chi connectivity index (χ0v) is 15.6. The number of aromatic nitrogens is 1. The SMILES string of the molecule is COC(=O)c1cncc(CN/C=C\C(=N)c2cccc(-c3ccccc3)c2)c1. The topological polar surface area (TPSA) is 75.1 Å². The Balaban J connectivity index is 1.61. The first-order valence-corrected chi connectivity index (χ1v) is 8.84. The van der Waals surface area contributed by atoms with Crippen molar-refractivity contribution in [2.24, 2.45) is 0 Å². The van der Waals surface area contributed by atoms with Gasteiger partial charge in [-0.15, -0.1) is 0 Å². The van der Waals surface area contributed by atoms with Gasteiger partial charge in [0.15, 0.2) is 0 Å². The first-order valence-electron chi connectivity index (χ1n) is 8.84. The van der Waals surface area contributed by atoms with Crippen LogP contribution in [0.5, 0.6) is 0 Å². The highest BCUT2D eigenvalue weighted by molar-refractivity contribution is 6.07. The van der Waals surface area contributed by atoms with E-state index in [4.69, 9.17) is 10.1 Å². The fourth-order valence-electron chi connectivity index (χ4n) is 2.73. The van der Waals surface area contributed by atoms with Crippen LogP contribution in [0, 0.1) is 5.41 Å². The highest BCUT2D eigenvalue weighted by Gasteiger charge is 2.06. The fourth-order valence-corrected chi connectivity index (χ4v) is 2.73. The van der Waals surface area contributed by atoms with E-state index in [0.29, 0.717) is 17.8 Å². The zero-order valence-electron chi connectivity index (χ0n) is 15.6. The number of nitrogens with zero attached hydrogens (tertiary/aromatic N) is 1. The van der Waals surface area contributed by atoms with Gasteiger partial charge in [0.1, 0.15) is 0 Å². The molecule has 0 bridgehead atoms. The van der Waals surface area contributed by atoms with E-state index < -0.39 is 5.97 Å². The van der Waals surface area contributed by atoms with Crippen molar-refractivity contribution < 1.29 is 9.53 Å². The average molecular weight is 371 g/mol. The van der Waals surface area contributed by atoms with Gasteiger partial charge in [-0.2, -0.15) is 0 Å². The smallest absolute Gasteiger partial charge is 0.339 e. The molecule has 0 radical (unpaired) electrons. The molecule has 5 heteroatoms. The molecule has 2 aromatic carbocycles. The second-order valence-corrected chi connectivity index (χ2v) is 6.15. The number of nitrogens with one attached hydrogen (secondary N) is 2. The molecular formula is C23H21N3O2. The Morgan fingerprint density at radius 2 is 1.82 bits per heavy atom. The summed E-state index contributed by atoms with van der Waals surface area (Å²) in [5.74, 6) is -0.412. The Labute approximate surface area is 164 Å². The average Bonchev–Trinajstić information content (AvgIpc) is 2.77. The Bertz CT molecular complexity index is 997. The van der Waals surface area contributed by atoms with Gasteiger partial charge in [0.25, 0.3) is 0 Å². The van der Waals surface area contributed by atoms with Gasteiger partial charge in [-0.25, -0.2) is 4.79 Å². The Kier molecular flexibility index (Phi) is 6.31. The molecule has 0 aliphatic rings. The molecule has 0 aliphatic heterocycles. The first kappa shape index (κ1) is 19.0. The Hall–Kier alpha value is -3.73. The number of benzene rings is 2. The van der Waals surface area contributed by atoms with E-state index in [-0.39, 0.29) is 0 Å². The van der Waals surface area contributed by atoms with Crippen molar-refractivity contribution in [2.75, 3.05) is 7.11 Å². The van der Waals surface area contributed by atoms with E-state index in [1.165, 1.54) is 13.3 Å². The van der Waals surface area contributed by atoms with Gasteiger partial charge in [0, 0.05) is 24.5 Å². The molecule has 140 valence electrons. The molecule has 3 aromatic rings. The lowest BCUT2D eigenvalue weighted by Gasteiger charge is -2.06. The Morgan fingerprint density at radius 3 is 2.61 bits per heavy atom. The number of hydrogen-bond donors (Lipinski definition) is 2. The van der Waals surface area contributed by atoms with E-state index in [1.807, 2.05) is 42.5 Å². The summed E-state index contributed by atoms with van der Waals surface area (Å²) in [5, 5.41) is 11.4. The lowest BCUT2D eigenvalue weighted by Crippen LogP contribution is -2.08. The molecule has 0 saturated heterocycles. The van der Waals surface area contributed by atoms with Crippen molar-refractivity contribution in [3.8, 4) is 11.1 Å². The second-order valence-electron chi connectivity index (χ2n) is 6.15. The molecule has 3 rings (SSSR count). The molecule has 0 spiro atoms. The molecule has 0 amide bonds. The van der Waals surface area contributed by atoms with E-state index in [2.05, 4.69) is 22.4 Å². The summed E-state index contributed by atoms with van der Waals surface area (Å²) < 4.78 is 4.70. The molecular weight excluding hydrogens is 350 g/mol. The maximum Gasteiger partial charge on any atom is 0.339 e. The minimum atomic E-state index is -0.412. The third-order valence-corrected chi connectivity index (χ3v) is 4.17. The van der Waals surface area contributed by atoms with E-state index >= 15 is 0 Å². The highest BCUT2D eigenvalue weighted by Crippen LogP contribution is 2.20. The predicted octanol–water partition coefficient (Wildman–Crippen LogP) is 4.21. The van der Waals surface area contributed by atoms with Crippen LogP contribution in [0.25, 0.3) is 11.1 Å². The summed E-state index contributed by atoms with van der Waals surface area (Å²) in [7, 11) is 1.34. The monoisotopic (exact) mass is 371 g/mol. The highest BCUT2D eigenvalue weighted by atomic mass is 16.5. The molecule has 2 N–H and O–H groups in total. The van der Waals surface area contributed by atoms with Gasteiger partial charge in [0.05, 0.1) is 18.4 Å². The standard InChI is InChI=1S/C23H21N3O2/c1-28-23(27)21-12-17(15-26-16-21)14-25-11-10-22(24)20-9-5-8-19(13-20)18-6-3-2-4-7-18/h2-13,15-16,24-25H,14H2,1H3/b11-10-,24-22?. The molecule has 0 saturated carbocycles. The lowest BCUT2D eigenvalue weighted by molar-refractivity contribution is 0.0600. The van der Waals surface area contributed by atoms with Crippen LogP contribution in [0.3, 0.4) is 0 Å². The number of allylic oxidation sites excluding steroid dienone is 1. The molecule has 1 aromatic heterocycles. The van der Waals surface area contributed by atoms with E-state index in [1.54, 1.807) is 24.5 Å². The van der Waals surface area contributed by atoms with Crippen LogP contribution in [-0.2, 0) is 11.3 Å². The van der Waals surface area contributed by atoms with Gasteiger partial charge in [-0.3, -0.25) is 4.98 Å². The summed E-state index contributed by atoms with van der Waals surface area (Å²) in [4.78, 5) is 15.6. The van der Waals surface area contributed by atoms with Crippen LogP contribution < -0.4 is 5.32 Å². The van der Waals surface area contributed by atoms with Crippen LogP contribution in [0.15, 0.2) is 85.3 Å². The van der Waals surface area contributed by atoms with Crippen molar-refractivity contribution in [1.29, 1.82) is 5.41 Å². The molecule has 1 heterocycles. The largest absolute Gasteiger partial charge is 0.465 e. The summed E-state index contributed by atoms with van der Waals surface area (Å²) >= 11 is 0. The van der Waals surface area contributed by atoms with Crippen molar-refractivity contribution in [3.05, 3.63) is 102 Å². The fraction of sp³-hybridized carbons (Fsp3) is 0.0870. The number of methoxy groups -OCH3 is 1. The maximum absolute atomic E-state index is 11.5. The number of rotatable bonds is 7. The molecule has 0 atom stereocenters. The third-order valence-electron chi connectivity index (χ3n) is 4.17. The number of esters is 1. The minimum absolute atomic E-state index is 0.409. The molecule has 5 nitrogen and oxygen atoms in total. The summed E-state index contributed by atoms with van der Waals surface area (Å²) in [6.07, 6.45) is 6.59. The lowest BCUT2D eigenvalue weighted by atomic mass is 10.0. The van der Waals surface area contributed by atoms with Crippen molar-refractivity contribution >= 4 is 11.7 Å².